The van der Waals surface area contributed by atoms with Gasteiger partial charge in [-0.15, -0.1) is 6.58 Å². The van der Waals surface area contributed by atoms with E-state index in [1.807, 2.05) is 6.08 Å². The molecule has 2 aliphatic heterocycles. The lowest BCUT2D eigenvalue weighted by Gasteiger charge is -2.30. The standard InChI is InChI=1S/C24H38O5/c1-2-3-4-5-6-7-8-9-10-11-12-13-14-20-15-17-22(27-20)23-18-16-21(28-29-23)19-24(25)26/h2,5-8,20-23H,1,3-4,9-19H2,(H,25,26). The summed E-state index contributed by atoms with van der Waals surface area (Å²) >= 11 is 0. The smallest absolute Gasteiger partial charge is 0.306 e. The van der Waals surface area contributed by atoms with Crippen LogP contribution in [-0.4, -0.2) is 35.5 Å². The predicted molar refractivity (Wildman–Crippen MR) is 115 cm³/mol. The van der Waals surface area contributed by atoms with E-state index in [0.717, 1.165) is 51.4 Å². The summed E-state index contributed by atoms with van der Waals surface area (Å²) < 4.78 is 6.17. The average molecular weight is 407 g/mol. The SMILES string of the molecule is C=CCCC=CC=CCCCCCCC1CCC(C2CCC(CC(=O)O)OO2)O1. The molecule has 2 rings (SSSR count). The van der Waals surface area contributed by atoms with Crippen molar-refractivity contribution in [3.8, 4) is 0 Å². The van der Waals surface area contributed by atoms with Crippen molar-refractivity contribution in [2.24, 2.45) is 0 Å². The maximum Gasteiger partial charge on any atom is 0.306 e. The summed E-state index contributed by atoms with van der Waals surface area (Å²) in [5.41, 5.74) is 0. The molecule has 0 aromatic rings. The molecule has 0 bridgehead atoms. The molecule has 2 heterocycles. The molecule has 1 N–H and O–H groups in total. The lowest BCUT2D eigenvalue weighted by atomic mass is 10.0. The molecule has 4 atom stereocenters. The largest absolute Gasteiger partial charge is 0.481 e. The maximum absolute atomic E-state index is 10.7. The number of aliphatic carboxylic acids is 1. The Morgan fingerprint density at radius 2 is 1.59 bits per heavy atom. The van der Waals surface area contributed by atoms with E-state index in [4.69, 9.17) is 19.6 Å². The third-order valence-corrected chi connectivity index (χ3v) is 5.61. The number of unbranched alkanes of at least 4 members (excludes halogenated alkanes) is 5. The van der Waals surface area contributed by atoms with Crippen LogP contribution in [-0.2, 0) is 19.3 Å². The van der Waals surface area contributed by atoms with Crippen molar-refractivity contribution in [2.75, 3.05) is 0 Å². The summed E-state index contributed by atoms with van der Waals surface area (Å²) in [7, 11) is 0. The molecule has 0 aromatic carbocycles. The van der Waals surface area contributed by atoms with E-state index in [2.05, 4.69) is 30.9 Å². The van der Waals surface area contributed by atoms with Crippen molar-refractivity contribution < 1.29 is 24.4 Å². The van der Waals surface area contributed by atoms with Crippen LogP contribution in [0.15, 0.2) is 37.0 Å². The minimum Gasteiger partial charge on any atom is -0.481 e. The van der Waals surface area contributed by atoms with Gasteiger partial charge in [0.1, 0.15) is 12.2 Å². The third-order valence-electron chi connectivity index (χ3n) is 5.61. The van der Waals surface area contributed by atoms with Gasteiger partial charge in [0, 0.05) is 0 Å². The highest BCUT2D eigenvalue weighted by Crippen LogP contribution is 2.31. The zero-order chi connectivity index (χ0) is 20.7. The Hall–Kier alpha value is -1.43. The molecule has 0 aromatic heterocycles. The van der Waals surface area contributed by atoms with Crippen molar-refractivity contribution in [2.45, 2.75) is 108 Å². The fourth-order valence-corrected chi connectivity index (χ4v) is 3.95. The van der Waals surface area contributed by atoms with Gasteiger partial charge < -0.3 is 9.84 Å². The van der Waals surface area contributed by atoms with E-state index < -0.39 is 5.97 Å². The quantitative estimate of drug-likeness (QED) is 0.168. The molecule has 0 amide bonds. The van der Waals surface area contributed by atoms with Gasteiger partial charge in [-0.05, 0) is 57.8 Å². The molecule has 5 nitrogen and oxygen atoms in total. The summed E-state index contributed by atoms with van der Waals surface area (Å²) in [5.74, 6) is -0.846. The zero-order valence-electron chi connectivity index (χ0n) is 17.7. The molecule has 4 unspecified atom stereocenters. The summed E-state index contributed by atoms with van der Waals surface area (Å²) in [6.07, 6.45) is 23.7. The van der Waals surface area contributed by atoms with Crippen LogP contribution in [0.1, 0.15) is 83.5 Å². The number of allylic oxidation sites excluding steroid dienone is 5. The van der Waals surface area contributed by atoms with E-state index in [0.29, 0.717) is 6.10 Å². The predicted octanol–water partition coefficient (Wildman–Crippen LogP) is 5.91. The molecule has 0 radical (unpaired) electrons. The fraction of sp³-hybridized carbons (Fsp3) is 0.708. The average Bonchev–Trinajstić information content (AvgIpc) is 3.18. The third kappa shape index (κ3) is 10.2. The molecule has 2 aliphatic rings. The number of hydrogen-bond donors (Lipinski definition) is 1. The molecule has 5 heteroatoms. The van der Waals surface area contributed by atoms with Gasteiger partial charge in [0.05, 0.1) is 18.6 Å². The van der Waals surface area contributed by atoms with Gasteiger partial charge in [0.25, 0.3) is 0 Å². The molecule has 2 fully saturated rings. The molecule has 0 saturated carbocycles. The highest BCUT2D eigenvalue weighted by Gasteiger charge is 2.36. The van der Waals surface area contributed by atoms with Crippen LogP contribution in [0.4, 0.5) is 0 Å². The lowest BCUT2D eigenvalue weighted by molar-refractivity contribution is -0.385. The first kappa shape index (κ1) is 23.8. The van der Waals surface area contributed by atoms with E-state index >= 15 is 0 Å². The number of carbonyl (C=O) groups is 1. The van der Waals surface area contributed by atoms with Crippen LogP contribution in [0, 0.1) is 0 Å². The van der Waals surface area contributed by atoms with Crippen LogP contribution >= 0.6 is 0 Å². The van der Waals surface area contributed by atoms with E-state index in [-0.39, 0.29) is 24.7 Å². The molecule has 0 spiro atoms. The number of ether oxygens (including phenoxy) is 1. The van der Waals surface area contributed by atoms with Crippen LogP contribution in [0.25, 0.3) is 0 Å². The summed E-state index contributed by atoms with van der Waals surface area (Å²) in [5, 5.41) is 8.82. The Bertz CT molecular complexity index is 519. The Morgan fingerprint density at radius 1 is 0.862 bits per heavy atom. The molecular weight excluding hydrogens is 368 g/mol. The molecule has 164 valence electrons. The van der Waals surface area contributed by atoms with Crippen molar-refractivity contribution in [1.82, 2.24) is 0 Å². The van der Waals surface area contributed by atoms with Crippen LogP contribution in [0.3, 0.4) is 0 Å². The number of hydrogen-bond acceptors (Lipinski definition) is 4. The van der Waals surface area contributed by atoms with Gasteiger partial charge in [-0.1, -0.05) is 49.6 Å². The van der Waals surface area contributed by atoms with E-state index in [9.17, 15) is 4.79 Å². The highest BCUT2D eigenvalue weighted by atomic mass is 17.2. The number of carboxylic acids is 1. The second-order valence-corrected chi connectivity index (χ2v) is 8.12. The monoisotopic (exact) mass is 406 g/mol. The van der Waals surface area contributed by atoms with Crippen molar-refractivity contribution in [1.29, 1.82) is 0 Å². The first-order valence-electron chi connectivity index (χ1n) is 11.3. The molecule has 29 heavy (non-hydrogen) atoms. The van der Waals surface area contributed by atoms with Gasteiger partial charge in [-0.3, -0.25) is 4.79 Å². The first-order chi connectivity index (χ1) is 14.2. The van der Waals surface area contributed by atoms with Crippen LogP contribution in [0.2, 0.25) is 0 Å². The van der Waals surface area contributed by atoms with E-state index in [1.165, 1.54) is 25.7 Å². The first-order valence-corrected chi connectivity index (χ1v) is 11.3. The number of carboxylic acid groups (broad SMARTS) is 1. The number of rotatable bonds is 14. The normalized spacial score (nSPS) is 27.7. The van der Waals surface area contributed by atoms with Gasteiger partial charge in [0.2, 0.25) is 0 Å². The van der Waals surface area contributed by atoms with Gasteiger partial charge in [-0.25, -0.2) is 9.78 Å². The minimum atomic E-state index is -0.846. The lowest BCUT2D eigenvalue weighted by Crippen LogP contribution is -2.37. The highest BCUT2D eigenvalue weighted by molar-refractivity contribution is 5.67. The Balaban J connectivity index is 1.46. The van der Waals surface area contributed by atoms with Crippen LogP contribution in [0.5, 0.6) is 0 Å². The molecular formula is C24H38O5. The van der Waals surface area contributed by atoms with Gasteiger partial charge >= 0.3 is 5.97 Å². The van der Waals surface area contributed by atoms with Gasteiger partial charge in [0.15, 0.2) is 0 Å². The van der Waals surface area contributed by atoms with Gasteiger partial charge in [-0.2, -0.15) is 0 Å². The topological polar surface area (TPSA) is 65.0 Å². The molecule has 0 aliphatic carbocycles. The second-order valence-electron chi connectivity index (χ2n) is 8.12. The Kier molecular flexibility index (Phi) is 12.0. The van der Waals surface area contributed by atoms with Crippen molar-refractivity contribution in [3.05, 3.63) is 37.0 Å². The zero-order valence-corrected chi connectivity index (χ0v) is 17.7. The Morgan fingerprint density at radius 3 is 2.31 bits per heavy atom. The summed E-state index contributed by atoms with van der Waals surface area (Å²) in [6, 6.07) is 0. The van der Waals surface area contributed by atoms with Crippen molar-refractivity contribution >= 4 is 5.97 Å². The minimum absolute atomic E-state index is 0.00307. The fourth-order valence-electron chi connectivity index (χ4n) is 3.95. The Labute approximate surface area is 175 Å². The van der Waals surface area contributed by atoms with E-state index in [1.54, 1.807) is 0 Å². The maximum atomic E-state index is 10.7. The molecule has 2 saturated heterocycles. The van der Waals surface area contributed by atoms with Crippen LogP contribution < -0.4 is 0 Å². The summed E-state index contributed by atoms with van der Waals surface area (Å²) in [4.78, 5) is 21.4. The van der Waals surface area contributed by atoms with Crippen molar-refractivity contribution in [3.63, 3.8) is 0 Å². The summed E-state index contributed by atoms with van der Waals surface area (Å²) in [6.45, 7) is 3.72. The second kappa shape index (κ2) is 14.5.